The van der Waals surface area contributed by atoms with Crippen molar-refractivity contribution in [3.8, 4) is 6.07 Å². The molecule has 0 N–H and O–H groups in total. The van der Waals surface area contributed by atoms with Crippen LogP contribution in [0, 0.1) is 11.3 Å². The van der Waals surface area contributed by atoms with Gasteiger partial charge in [0.15, 0.2) is 0 Å². The minimum absolute atomic E-state index is 0.734. The van der Waals surface area contributed by atoms with E-state index in [0.717, 1.165) is 12.1 Å². The van der Waals surface area contributed by atoms with Crippen LogP contribution in [0.5, 0.6) is 0 Å². The molecule has 0 aliphatic heterocycles. The van der Waals surface area contributed by atoms with Crippen molar-refractivity contribution in [3.05, 3.63) is 11.8 Å². The molecule has 0 aromatic carbocycles. The predicted molar refractivity (Wildman–Crippen MR) is 37.7 cm³/mol. The molecule has 0 bridgehead atoms. The van der Waals surface area contributed by atoms with Gasteiger partial charge >= 0.3 is 0 Å². The van der Waals surface area contributed by atoms with Gasteiger partial charge in [-0.05, 0) is 6.42 Å². The second-order valence-electron chi connectivity index (χ2n) is 2.00. The quantitative estimate of drug-likeness (QED) is 0.520. The van der Waals surface area contributed by atoms with Gasteiger partial charge in [0.1, 0.15) is 11.8 Å². The van der Waals surface area contributed by atoms with E-state index in [1.807, 2.05) is 32.0 Å². The number of allylic oxidation sites excluding steroid dienone is 2. The third-order valence-electron chi connectivity index (χ3n) is 0.994. The largest absolute Gasteiger partial charge is 0.369 e. The third-order valence-corrected chi connectivity index (χ3v) is 0.994. The molecule has 2 heteroatoms. The van der Waals surface area contributed by atoms with E-state index >= 15 is 0 Å². The summed E-state index contributed by atoms with van der Waals surface area (Å²) in [6.07, 6.45) is 2.82. The van der Waals surface area contributed by atoms with Gasteiger partial charge in [-0.15, -0.1) is 0 Å². The minimum atomic E-state index is 0.734. The van der Waals surface area contributed by atoms with Crippen molar-refractivity contribution in [2.24, 2.45) is 0 Å². The molecule has 0 fully saturated rings. The lowest BCUT2D eigenvalue weighted by atomic mass is 10.3. The van der Waals surface area contributed by atoms with Gasteiger partial charge in [0, 0.05) is 14.1 Å². The summed E-state index contributed by atoms with van der Waals surface area (Å²) in [4.78, 5) is 1.81. The monoisotopic (exact) mass is 124 g/mol. The average Bonchev–Trinajstić information content (AvgIpc) is 1.82. The second-order valence-corrected chi connectivity index (χ2v) is 2.00. The van der Waals surface area contributed by atoms with Crippen molar-refractivity contribution in [2.75, 3.05) is 14.1 Å². The Hall–Kier alpha value is -0.970. The molecule has 0 unspecified atom stereocenters. The summed E-state index contributed by atoms with van der Waals surface area (Å²) >= 11 is 0. The summed E-state index contributed by atoms with van der Waals surface area (Å²) in [7, 11) is 3.73. The molecule has 0 spiro atoms. The van der Waals surface area contributed by atoms with E-state index < -0.39 is 0 Å². The molecular weight excluding hydrogens is 112 g/mol. The van der Waals surface area contributed by atoms with Crippen molar-refractivity contribution < 1.29 is 0 Å². The zero-order chi connectivity index (χ0) is 7.28. The molecule has 0 aliphatic carbocycles. The van der Waals surface area contributed by atoms with Crippen molar-refractivity contribution in [1.29, 1.82) is 5.26 Å². The second kappa shape index (κ2) is 3.96. The molecular formula is C7H12N2. The van der Waals surface area contributed by atoms with Gasteiger partial charge in [0.05, 0.1) is 0 Å². The van der Waals surface area contributed by atoms with Crippen molar-refractivity contribution >= 4 is 0 Å². The molecule has 0 radical (unpaired) electrons. The smallest absolute Gasteiger partial charge is 0.117 e. The Balaban J connectivity index is 4.02. The van der Waals surface area contributed by atoms with Crippen LogP contribution in [0.3, 0.4) is 0 Å². The molecule has 0 aromatic heterocycles. The number of nitrogens with zero attached hydrogens (tertiary/aromatic N) is 2. The highest BCUT2D eigenvalue weighted by Gasteiger charge is 1.92. The van der Waals surface area contributed by atoms with Crippen LogP contribution in [0.25, 0.3) is 0 Å². The van der Waals surface area contributed by atoms with Crippen LogP contribution in [0.4, 0.5) is 0 Å². The first-order valence-electron chi connectivity index (χ1n) is 3.00. The fourth-order valence-corrected chi connectivity index (χ4v) is 0.522. The van der Waals surface area contributed by atoms with E-state index in [-0.39, 0.29) is 0 Å². The van der Waals surface area contributed by atoms with Gasteiger partial charge in [-0.3, -0.25) is 0 Å². The molecule has 0 atom stereocenters. The molecule has 0 rings (SSSR count). The summed E-state index contributed by atoms with van der Waals surface area (Å²) in [5, 5.41) is 8.47. The summed E-state index contributed by atoms with van der Waals surface area (Å²) in [5.41, 5.74) is 0.734. The van der Waals surface area contributed by atoms with Gasteiger partial charge in [0.2, 0.25) is 0 Å². The van der Waals surface area contributed by atoms with Crippen molar-refractivity contribution in [3.63, 3.8) is 0 Å². The summed E-state index contributed by atoms with van der Waals surface area (Å²) in [6.45, 7) is 2.01. The topological polar surface area (TPSA) is 27.0 Å². The maximum atomic E-state index is 8.47. The van der Waals surface area contributed by atoms with E-state index in [1.54, 1.807) is 0 Å². The first kappa shape index (κ1) is 8.03. The minimum Gasteiger partial charge on any atom is -0.369 e. The van der Waals surface area contributed by atoms with Gasteiger partial charge in [-0.25, -0.2) is 0 Å². The molecule has 2 nitrogen and oxygen atoms in total. The van der Waals surface area contributed by atoms with Crippen molar-refractivity contribution in [2.45, 2.75) is 13.3 Å². The first-order valence-corrected chi connectivity index (χ1v) is 3.00. The third kappa shape index (κ3) is 2.76. The lowest BCUT2D eigenvalue weighted by Gasteiger charge is -2.08. The zero-order valence-electron chi connectivity index (χ0n) is 6.18. The van der Waals surface area contributed by atoms with Crippen LogP contribution in [0.15, 0.2) is 11.8 Å². The molecule has 50 valence electrons. The Morgan fingerprint density at radius 3 is 2.33 bits per heavy atom. The molecule has 9 heavy (non-hydrogen) atoms. The highest BCUT2D eigenvalue weighted by Crippen LogP contribution is 1.96. The number of hydrogen-bond acceptors (Lipinski definition) is 2. The lowest BCUT2D eigenvalue weighted by molar-refractivity contribution is 0.531. The zero-order valence-corrected chi connectivity index (χ0v) is 6.18. The van der Waals surface area contributed by atoms with E-state index in [0.29, 0.717) is 0 Å². The number of hydrogen-bond donors (Lipinski definition) is 0. The maximum absolute atomic E-state index is 8.47. The molecule has 0 heterocycles. The fourth-order valence-electron chi connectivity index (χ4n) is 0.522. The van der Waals surface area contributed by atoms with Crippen LogP contribution in [-0.2, 0) is 0 Å². The summed E-state index contributed by atoms with van der Waals surface area (Å²) in [6, 6.07) is 2.09. The number of nitriles is 1. The van der Waals surface area contributed by atoms with Crippen LogP contribution < -0.4 is 0 Å². The fraction of sp³-hybridized carbons (Fsp3) is 0.571. The van der Waals surface area contributed by atoms with Crippen LogP contribution in [-0.4, -0.2) is 19.0 Å². The first-order chi connectivity index (χ1) is 4.22. The molecule has 0 amide bonds. The Morgan fingerprint density at radius 2 is 2.22 bits per heavy atom. The Kier molecular flexibility index (Phi) is 3.54. The standard InChI is InChI=1S/C7H12N2/c1-4-5-7(6-8)9(2)3/h5H,4H2,1-3H3/b7-5-. The average molecular weight is 124 g/mol. The van der Waals surface area contributed by atoms with Crippen molar-refractivity contribution in [1.82, 2.24) is 4.90 Å². The molecule has 0 aromatic rings. The van der Waals surface area contributed by atoms with Gasteiger partial charge in [-0.2, -0.15) is 5.26 Å². The van der Waals surface area contributed by atoms with E-state index in [1.165, 1.54) is 0 Å². The molecule has 0 saturated heterocycles. The van der Waals surface area contributed by atoms with E-state index in [4.69, 9.17) is 5.26 Å². The van der Waals surface area contributed by atoms with Crippen LogP contribution >= 0.6 is 0 Å². The lowest BCUT2D eigenvalue weighted by Crippen LogP contribution is -2.08. The number of rotatable bonds is 2. The van der Waals surface area contributed by atoms with Crippen LogP contribution in [0.1, 0.15) is 13.3 Å². The predicted octanol–water partition coefficient (Wildman–Crippen LogP) is 1.37. The maximum Gasteiger partial charge on any atom is 0.117 e. The Morgan fingerprint density at radius 1 is 1.67 bits per heavy atom. The SMILES string of the molecule is CC/C=C(/C#N)N(C)C. The summed E-state index contributed by atoms with van der Waals surface area (Å²) in [5.74, 6) is 0. The van der Waals surface area contributed by atoms with E-state index in [2.05, 4.69) is 6.07 Å². The Labute approximate surface area is 56.4 Å². The van der Waals surface area contributed by atoms with Gasteiger partial charge in [-0.1, -0.05) is 13.0 Å². The molecule has 0 aliphatic rings. The normalized spacial score (nSPS) is 10.7. The van der Waals surface area contributed by atoms with Gasteiger partial charge in [0.25, 0.3) is 0 Å². The van der Waals surface area contributed by atoms with Gasteiger partial charge < -0.3 is 4.90 Å². The highest BCUT2D eigenvalue weighted by molar-refractivity contribution is 5.17. The van der Waals surface area contributed by atoms with E-state index in [9.17, 15) is 0 Å². The summed E-state index contributed by atoms with van der Waals surface area (Å²) < 4.78 is 0. The Bertz CT molecular complexity index is 139. The molecule has 0 saturated carbocycles. The highest BCUT2D eigenvalue weighted by atomic mass is 15.1. The van der Waals surface area contributed by atoms with Crippen LogP contribution in [0.2, 0.25) is 0 Å².